The number of fused-ring (bicyclic) bond motifs is 1. The van der Waals surface area contributed by atoms with Crippen molar-refractivity contribution in [2.45, 2.75) is 13.1 Å². The maximum Gasteiger partial charge on any atom is 0.471 e. The number of alkyl halides is 3. The first-order chi connectivity index (χ1) is 9.20. The van der Waals surface area contributed by atoms with Crippen LogP contribution in [0.3, 0.4) is 0 Å². The van der Waals surface area contributed by atoms with E-state index in [9.17, 15) is 22.8 Å². The highest BCUT2D eigenvalue weighted by molar-refractivity contribution is 7.21. The van der Waals surface area contributed by atoms with E-state index in [-0.39, 0.29) is 10.6 Å². The highest BCUT2D eigenvalue weighted by Gasteiger charge is 2.38. The Morgan fingerprint density at radius 1 is 1.30 bits per heavy atom. The van der Waals surface area contributed by atoms with Gasteiger partial charge in [0, 0.05) is 10.4 Å². The molecule has 2 N–H and O–H groups in total. The Labute approximate surface area is 114 Å². The summed E-state index contributed by atoms with van der Waals surface area (Å²) in [6.45, 7) is 1.57. The van der Waals surface area contributed by atoms with E-state index in [0.717, 1.165) is 11.3 Å². The summed E-state index contributed by atoms with van der Waals surface area (Å²) in [6, 6.07) is 4.11. The molecule has 2 aromatic rings. The summed E-state index contributed by atoms with van der Waals surface area (Å²) in [5.41, 5.74) is 0.429. The predicted molar refractivity (Wildman–Crippen MR) is 68.2 cm³/mol. The van der Waals surface area contributed by atoms with Crippen molar-refractivity contribution in [3.63, 3.8) is 0 Å². The number of nitrogens with one attached hydrogen (secondary N) is 1. The SMILES string of the molecule is Cc1c(C(=O)O)sc2ccc(NC(=O)C(F)(F)F)cc12. The standard InChI is InChI=1S/C12H8F3NO3S/c1-5-7-4-6(16-11(19)12(13,14)15)2-3-8(7)20-9(5)10(17)18/h2-4H,1H3,(H,16,19)(H,17,18). The zero-order valence-corrected chi connectivity index (χ0v) is 10.9. The average molecular weight is 303 g/mol. The van der Waals surface area contributed by atoms with Gasteiger partial charge in [0.25, 0.3) is 0 Å². The van der Waals surface area contributed by atoms with E-state index in [2.05, 4.69) is 0 Å². The largest absolute Gasteiger partial charge is 0.477 e. The van der Waals surface area contributed by atoms with Gasteiger partial charge in [-0.05, 0) is 36.1 Å². The second-order valence-corrected chi connectivity index (χ2v) is 5.08. The molecule has 0 aliphatic carbocycles. The lowest BCUT2D eigenvalue weighted by molar-refractivity contribution is -0.167. The molecule has 4 nitrogen and oxygen atoms in total. The number of benzene rings is 1. The molecule has 20 heavy (non-hydrogen) atoms. The Hall–Kier alpha value is -2.09. The monoisotopic (exact) mass is 303 g/mol. The number of anilines is 1. The number of carboxylic acid groups (broad SMARTS) is 1. The molecule has 106 valence electrons. The predicted octanol–water partition coefficient (Wildman–Crippen LogP) is 3.41. The van der Waals surface area contributed by atoms with Crippen LogP contribution in [0.1, 0.15) is 15.2 Å². The molecule has 1 aromatic heterocycles. The summed E-state index contributed by atoms with van der Waals surface area (Å²) in [4.78, 5) is 21.9. The molecular formula is C12H8F3NO3S. The van der Waals surface area contributed by atoms with Crippen LogP contribution in [-0.4, -0.2) is 23.2 Å². The first-order valence-electron chi connectivity index (χ1n) is 5.35. The molecule has 0 saturated heterocycles. The molecule has 1 heterocycles. The van der Waals surface area contributed by atoms with Gasteiger partial charge in [0.2, 0.25) is 0 Å². The lowest BCUT2D eigenvalue weighted by Crippen LogP contribution is -2.29. The smallest absolute Gasteiger partial charge is 0.471 e. The molecule has 0 bridgehead atoms. The molecule has 0 fully saturated rings. The number of rotatable bonds is 2. The van der Waals surface area contributed by atoms with Gasteiger partial charge in [-0.3, -0.25) is 4.79 Å². The minimum atomic E-state index is -4.97. The van der Waals surface area contributed by atoms with Crippen LogP contribution >= 0.6 is 11.3 Å². The summed E-state index contributed by atoms with van der Waals surface area (Å²) >= 11 is 1.03. The number of carbonyl (C=O) groups excluding carboxylic acids is 1. The number of carbonyl (C=O) groups is 2. The Morgan fingerprint density at radius 3 is 2.50 bits per heavy atom. The fourth-order valence-corrected chi connectivity index (χ4v) is 2.73. The van der Waals surface area contributed by atoms with Crippen LogP contribution in [-0.2, 0) is 4.79 Å². The third kappa shape index (κ3) is 2.60. The van der Waals surface area contributed by atoms with Gasteiger partial charge in [0.05, 0.1) is 0 Å². The van der Waals surface area contributed by atoms with Crippen LogP contribution in [0.2, 0.25) is 0 Å². The van der Waals surface area contributed by atoms with Crippen LogP contribution in [0.4, 0.5) is 18.9 Å². The molecule has 0 aliphatic heterocycles. The van der Waals surface area contributed by atoms with Crippen molar-refractivity contribution in [2.24, 2.45) is 0 Å². The Morgan fingerprint density at radius 2 is 1.95 bits per heavy atom. The van der Waals surface area contributed by atoms with Crippen molar-refractivity contribution in [3.8, 4) is 0 Å². The van der Waals surface area contributed by atoms with Crippen molar-refractivity contribution < 1.29 is 27.9 Å². The third-order valence-electron chi connectivity index (χ3n) is 2.65. The van der Waals surface area contributed by atoms with Crippen molar-refractivity contribution in [3.05, 3.63) is 28.6 Å². The minimum absolute atomic E-state index is 0.0299. The van der Waals surface area contributed by atoms with E-state index in [1.807, 2.05) is 0 Å². The van der Waals surface area contributed by atoms with Gasteiger partial charge in [0.15, 0.2) is 0 Å². The number of halogens is 3. The van der Waals surface area contributed by atoms with Gasteiger partial charge in [-0.1, -0.05) is 0 Å². The number of amides is 1. The van der Waals surface area contributed by atoms with Gasteiger partial charge in [-0.15, -0.1) is 11.3 Å². The fraction of sp³-hybridized carbons (Fsp3) is 0.167. The maximum atomic E-state index is 12.2. The van der Waals surface area contributed by atoms with E-state index in [4.69, 9.17) is 5.11 Å². The van der Waals surface area contributed by atoms with Crippen molar-refractivity contribution in [1.29, 1.82) is 0 Å². The third-order valence-corrected chi connectivity index (χ3v) is 3.91. The first-order valence-corrected chi connectivity index (χ1v) is 6.16. The number of hydrogen-bond acceptors (Lipinski definition) is 3. The van der Waals surface area contributed by atoms with Crippen LogP contribution < -0.4 is 5.32 Å². The van der Waals surface area contributed by atoms with Gasteiger partial charge < -0.3 is 10.4 Å². The molecule has 0 atom stereocenters. The molecule has 0 aliphatic rings. The summed E-state index contributed by atoms with van der Waals surface area (Å²) < 4.78 is 37.1. The Bertz CT molecular complexity index is 706. The number of aryl methyl sites for hydroxylation is 1. The van der Waals surface area contributed by atoms with E-state index in [1.165, 1.54) is 18.2 Å². The summed E-state index contributed by atoms with van der Waals surface area (Å²) in [6.07, 6.45) is -4.97. The molecule has 0 unspecified atom stereocenters. The molecule has 0 spiro atoms. The summed E-state index contributed by atoms with van der Waals surface area (Å²) in [7, 11) is 0. The lowest BCUT2D eigenvalue weighted by Gasteiger charge is -2.07. The van der Waals surface area contributed by atoms with Crippen molar-refractivity contribution in [1.82, 2.24) is 0 Å². The number of thiophene rings is 1. The number of carboxylic acids is 1. The van der Waals surface area contributed by atoms with E-state index < -0.39 is 18.1 Å². The normalized spacial score (nSPS) is 11.6. The number of aromatic carboxylic acids is 1. The molecular weight excluding hydrogens is 295 g/mol. The molecule has 2 rings (SSSR count). The second kappa shape index (κ2) is 4.78. The quantitative estimate of drug-likeness (QED) is 0.893. The van der Waals surface area contributed by atoms with Gasteiger partial charge >= 0.3 is 18.1 Å². The molecule has 8 heteroatoms. The van der Waals surface area contributed by atoms with E-state index >= 15 is 0 Å². The van der Waals surface area contributed by atoms with Crippen LogP contribution in [0.15, 0.2) is 18.2 Å². The topological polar surface area (TPSA) is 66.4 Å². The fourth-order valence-electron chi connectivity index (χ4n) is 1.70. The van der Waals surface area contributed by atoms with Gasteiger partial charge in [-0.25, -0.2) is 4.79 Å². The second-order valence-electron chi connectivity index (χ2n) is 4.02. The highest BCUT2D eigenvalue weighted by atomic mass is 32.1. The van der Waals surface area contributed by atoms with E-state index in [0.29, 0.717) is 15.6 Å². The Kier molecular flexibility index (Phi) is 3.43. The van der Waals surface area contributed by atoms with Crippen molar-refractivity contribution >= 4 is 39.0 Å². The van der Waals surface area contributed by atoms with Crippen LogP contribution in [0.25, 0.3) is 10.1 Å². The van der Waals surface area contributed by atoms with Gasteiger partial charge in [0.1, 0.15) is 4.88 Å². The maximum absolute atomic E-state index is 12.2. The van der Waals surface area contributed by atoms with Crippen molar-refractivity contribution in [2.75, 3.05) is 5.32 Å². The van der Waals surface area contributed by atoms with E-state index in [1.54, 1.807) is 12.2 Å². The zero-order valence-electron chi connectivity index (χ0n) is 10.0. The molecule has 1 aromatic carbocycles. The lowest BCUT2D eigenvalue weighted by atomic mass is 10.1. The first kappa shape index (κ1) is 14.3. The highest BCUT2D eigenvalue weighted by Crippen LogP contribution is 2.33. The van der Waals surface area contributed by atoms with Crippen LogP contribution in [0, 0.1) is 6.92 Å². The van der Waals surface area contributed by atoms with Crippen LogP contribution in [0.5, 0.6) is 0 Å². The molecule has 0 radical (unpaired) electrons. The molecule has 1 amide bonds. The minimum Gasteiger partial charge on any atom is -0.477 e. The average Bonchev–Trinajstić information content (AvgIpc) is 2.66. The zero-order chi connectivity index (χ0) is 15.1. The molecule has 0 saturated carbocycles. The number of hydrogen-bond donors (Lipinski definition) is 2. The Balaban J connectivity index is 2.41. The van der Waals surface area contributed by atoms with Gasteiger partial charge in [-0.2, -0.15) is 13.2 Å². The summed E-state index contributed by atoms with van der Waals surface area (Å²) in [5.74, 6) is -3.16. The summed E-state index contributed by atoms with van der Waals surface area (Å²) in [5, 5.41) is 11.2.